The Morgan fingerprint density at radius 3 is 2.38 bits per heavy atom. The van der Waals surface area contributed by atoms with Crippen molar-refractivity contribution in [2.75, 3.05) is 5.75 Å². The maximum Gasteiger partial charge on any atom is 0.321 e. The zero-order chi connectivity index (χ0) is 17.9. The molecular formula is C19H19FO3S. The number of carbonyl (C=O) groups is 2. The van der Waals surface area contributed by atoms with Gasteiger partial charge in [-0.25, -0.2) is 4.39 Å². The minimum Gasteiger partial charge on any atom is -0.425 e. The Morgan fingerprint density at radius 2 is 1.75 bits per heavy atom. The van der Waals surface area contributed by atoms with Crippen molar-refractivity contribution in [3.63, 3.8) is 0 Å². The van der Waals surface area contributed by atoms with Crippen LogP contribution in [-0.4, -0.2) is 17.5 Å². The van der Waals surface area contributed by atoms with Gasteiger partial charge in [-0.05, 0) is 56.5 Å². The van der Waals surface area contributed by atoms with Gasteiger partial charge in [-0.15, -0.1) is 11.8 Å². The number of hydrogen-bond donors (Lipinski definition) is 0. The fourth-order valence-electron chi connectivity index (χ4n) is 2.20. The molecule has 0 bridgehead atoms. The zero-order valence-electron chi connectivity index (χ0n) is 14.1. The summed E-state index contributed by atoms with van der Waals surface area (Å²) in [6.45, 7) is 7.11. The highest BCUT2D eigenvalue weighted by atomic mass is 32.2. The van der Waals surface area contributed by atoms with E-state index in [0.717, 1.165) is 28.5 Å². The number of ether oxygens (including phenoxy) is 1. The van der Waals surface area contributed by atoms with Gasteiger partial charge in [0.1, 0.15) is 11.6 Å². The molecule has 2 aromatic carbocycles. The van der Waals surface area contributed by atoms with E-state index in [1.165, 1.54) is 19.1 Å². The first-order chi connectivity index (χ1) is 11.3. The maximum absolute atomic E-state index is 13.9. The molecule has 0 aromatic heterocycles. The molecule has 0 aliphatic carbocycles. The van der Waals surface area contributed by atoms with E-state index in [1.54, 1.807) is 6.07 Å². The summed E-state index contributed by atoms with van der Waals surface area (Å²) < 4.78 is 19.4. The molecule has 0 unspecified atom stereocenters. The lowest BCUT2D eigenvalue weighted by molar-refractivity contribution is -0.131. The van der Waals surface area contributed by atoms with Crippen LogP contribution in [0.3, 0.4) is 0 Å². The summed E-state index contributed by atoms with van der Waals surface area (Å²) in [4.78, 5) is 23.6. The average molecular weight is 346 g/mol. The number of benzene rings is 2. The minimum atomic E-state index is -0.511. The summed E-state index contributed by atoms with van der Waals surface area (Å²) in [5, 5.41) is 0. The molecule has 0 radical (unpaired) electrons. The third-order valence-corrected chi connectivity index (χ3v) is 4.80. The van der Waals surface area contributed by atoms with E-state index < -0.39 is 11.8 Å². The predicted octanol–water partition coefficient (Wildman–Crippen LogP) is 4.65. The molecule has 0 N–H and O–H groups in total. The number of Topliss-reactive ketones (excluding diaryl/α,β-unsaturated/α-hetero) is 1. The van der Waals surface area contributed by atoms with Gasteiger partial charge in [0, 0.05) is 10.5 Å². The fraction of sp³-hybridized carbons (Fsp3) is 0.263. The molecule has 0 atom stereocenters. The number of ketones is 1. The summed E-state index contributed by atoms with van der Waals surface area (Å²) in [5.74, 6) is -0.595. The average Bonchev–Trinajstić information content (AvgIpc) is 2.54. The number of esters is 1. The molecule has 0 amide bonds. The topological polar surface area (TPSA) is 43.4 Å². The number of hydrogen-bond acceptors (Lipinski definition) is 4. The lowest BCUT2D eigenvalue weighted by Crippen LogP contribution is -2.13. The van der Waals surface area contributed by atoms with Crippen molar-refractivity contribution in [2.24, 2.45) is 0 Å². The van der Waals surface area contributed by atoms with Crippen molar-refractivity contribution < 1.29 is 18.7 Å². The molecule has 0 spiro atoms. The van der Waals surface area contributed by atoms with Gasteiger partial charge in [0.25, 0.3) is 0 Å². The first kappa shape index (κ1) is 18.2. The van der Waals surface area contributed by atoms with Crippen LogP contribution in [0.2, 0.25) is 0 Å². The Balaban J connectivity index is 2.04. The van der Waals surface area contributed by atoms with Crippen molar-refractivity contribution in [1.82, 2.24) is 0 Å². The second-order valence-corrected chi connectivity index (χ2v) is 6.63. The van der Waals surface area contributed by atoms with E-state index in [2.05, 4.69) is 0 Å². The van der Waals surface area contributed by atoms with Crippen molar-refractivity contribution in [1.29, 1.82) is 0 Å². The van der Waals surface area contributed by atoms with Crippen LogP contribution in [-0.2, 0) is 4.79 Å². The van der Waals surface area contributed by atoms with Gasteiger partial charge in [-0.3, -0.25) is 9.59 Å². The predicted molar refractivity (Wildman–Crippen MR) is 93.4 cm³/mol. The molecule has 0 saturated carbocycles. The molecule has 5 heteroatoms. The van der Waals surface area contributed by atoms with Crippen molar-refractivity contribution >= 4 is 23.5 Å². The number of thioether (sulfide) groups is 1. The summed E-state index contributed by atoms with van der Waals surface area (Å²) in [6, 6.07) is 8.12. The summed E-state index contributed by atoms with van der Waals surface area (Å²) in [6.07, 6.45) is 0. The molecule has 24 heavy (non-hydrogen) atoms. The maximum atomic E-state index is 13.9. The highest BCUT2D eigenvalue weighted by Crippen LogP contribution is 2.27. The van der Waals surface area contributed by atoms with Gasteiger partial charge in [0.2, 0.25) is 0 Å². The molecule has 0 aliphatic rings. The van der Waals surface area contributed by atoms with Gasteiger partial charge in [-0.1, -0.05) is 18.2 Å². The molecule has 0 aliphatic heterocycles. The van der Waals surface area contributed by atoms with Crippen LogP contribution >= 0.6 is 11.8 Å². The quantitative estimate of drug-likeness (QED) is 0.342. The summed E-state index contributed by atoms with van der Waals surface area (Å²) in [7, 11) is 0. The third-order valence-electron chi connectivity index (χ3n) is 3.77. The number of rotatable bonds is 5. The number of halogens is 1. The normalized spacial score (nSPS) is 10.5. The van der Waals surface area contributed by atoms with E-state index in [1.807, 2.05) is 32.9 Å². The Kier molecular flexibility index (Phi) is 5.78. The summed E-state index contributed by atoms with van der Waals surface area (Å²) in [5.41, 5.74) is 3.16. The van der Waals surface area contributed by atoms with Gasteiger partial charge in [0.15, 0.2) is 5.78 Å². The van der Waals surface area contributed by atoms with Crippen molar-refractivity contribution in [3.05, 3.63) is 58.4 Å². The monoisotopic (exact) mass is 346 g/mol. The lowest BCUT2D eigenvalue weighted by atomic mass is 10.1. The van der Waals surface area contributed by atoms with Crippen LogP contribution < -0.4 is 4.74 Å². The number of carbonyl (C=O) groups excluding carboxylic acids is 2. The van der Waals surface area contributed by atoms with E-state index >= 15 is 0 Å². The van der Waals surface area contributed by atoms with Crippen LogP contribution in [0.4, 0.5) is 4.39 Å². The minimum absolute atomic E-state index is 0.0108. The second kappa shape index (κ2) is 7.62. The van der Waals surface area contributed by atoms with E-state index in [4.69, 9.17) is 4.74 Å². The first-order valence-corrected chi connectivity index (χ1v) is 8.49. The van der Waals surface area contributed by atoms with Crippen LogP contribution in [0.5, 0.6) is 5.75 Å². The lowest BCUT2D eigenvalue weighted by Gasteiger charge is -2.12. The molecule has 0 saturated heterocycles. The molecular weight excluding hydrogens is 327 g/mol. The van der Waals surface area contributed by atoms with Gasteiger partial charge in [0.05, 0.1) is 5.75 Å². The zero-order valence-corrected chi connectivity index (χ0v) is 14.9. The van der Waals surface area contributed by atoms with E-state index in [-0.39, 0.29) is 11.5 Å². The fourth-order valence-corrected chi connectivity index (χ4v) is 2.89. The highest BCUT2D eigenvalue weighted by molar-refractivity contribution is 8.00. The first-order valence-electron chi connectivity index (χ1n) is 7.50. The largest absolute Gasteiger partial charge is 0.425 e. The van der Waals surface area contributed by atoms with Crippen molar-refractivity contribution in [3.8, 4) is 5.75 Å². The molecule has 0 fully saturated rings. The standard InChI is InChI=1S/C19H19FO3S/c1-11-5-6-12(2)19(13(11)3)23-18(22)10-24-17-8-7-15(14(4)21)9-16(17)20/h5-9H,10H2,1-4H3. The van der Waals surface area contributed by atoms with Gasteiger partial charge >= 0.3 is 5.97 Å². The molecule has 2 aromatic rings. The van der Waals surface area contributed by atoms with Gasteiger partial charge < -0.3 is 4.74 Å². The van der Waals surface area contributed by atoms with Crippen LogP contribution in [0.1, 0.15) is 34.0 Å². The Labute approximate surface area is 145 Å². The van der Waals surface area contributed by atoms with Crippen molar-refractivity contribution in [2.45, 2.75) is 32.6 Å². The summed E-state index contributed by atoms with van der Waals surface area (Å²) >= 11 is 1.05. The molecule has 0 heterocycles. The van der Waals surface area contributed by atoms with Gasteiger partial charge in [-0.2, -0.15) is 0 Å². The van der Waals surface area contributed by atoms with Crippen LogP contribution in [0.15, 0.2) is 35.2 Å². The van der Waals surface area contributed by atoms with Crippen LogP contribution in [0.25, 0.3) is 0 Å². The molecule has 3 nitrogen and oxygen atoms in total. The third kappa shape index (κ3) is 4.23. The van der Waals surface area contributed by atoms with E-state index in [0.29, 0.717) is 16.2 Å². The molecule has 2 rings (SSSR count). The van der Waals surface area contributed by atoms with Crippen LogP contribution in [0, 0.1) is 26.6 Å². The SMILES string of the molecule is CC(=O)c1ccc(SCC(=O)Oc2c(C)ccc(C)c2C)c(F)c1. The second-order valence-electron chi connectivity index (χ2n) is 5.62. The van der Waals surface area contributed by atoms with E-state index in [9.17, 15) is 14.0 Å². The highest BCUT2D eigenvalue weighted by Gasteiger charge is 2.14. The Bertz CT molecular complexity index is 799. The Hall–Kier alpha value is -2.14. The Morgan fingerprint density at radius 1 is 1.08 bits per heavy atom. The number of aryl methyl sites for hydroxylation is 2. The smallest absolute Gasteiger partial charge is 0.321 e. The molecule has 126 valence electrons.